The summed E-state index contributed by atoms with van der Waals surface area (Å²) in [5.74, 6) is -2.62. The Morgan fingerprint density at radius 1 is 0.829 bits per heavy atom. The summed E-state index contributed by atoms with van der Waals surface area (Å²) < 4.78 is 26.0. The van der Waals surface area contributed by atoms with Crippen LogP contribution in [0.4, 0.5) is 0 Å². The molecule has 7 heteroatoms. The highest BCUT2D eigenvalue weighted by molar-refractivity contribution is 7.90. The average Bonchev–Trinajstić information content (AvgIpc) is 2.80. The summed E-state index contributed by atoms with van der Waals surface area (Å²) in [4.78, 5) is 24.0. The van der Waals surface area contributed by atoms with Crippen molar-refractivity contribution < 1.29 is 23.1 Å². The fraction of sp³-hybridized carbons (Fsp3) is 0.357. The van der Waals surface area contributed by atoms with Gasteiger partial charge < -0.3 is 5.11 Å². The number of amides is 1. The zero-order valence-corrected chi connectivity index (χ0v) is 21.3. The van der Waals surface area contributed by atoms with Crippen molar-refractivity contribution in [2.24, 2.45) is 0 Å². The van der Waals surface area contributed by atoms with Gasteiger partial charge in [-0.05, 0) is 57.1 Å². The fourth-order valence-corrected chi connectivity index (χ4v) is 3.99. The summed E-state index contributed by atoms with van der Waals surface area (Å²) in [6, 6.07) is 5.68. The van der Waals surface area contributed by atoms with Crippen LogP contribution in [0.3, 0.4) is 0 Å². The Morgan fingerprint density at radius 2 is 1.34 bits per heavy atom. The number of hydrogen-bond donors (Lipinski definition) is 2. The number of aromatic hydroxyl groups is 1. The van der Waals surface area contributed by atoms with Gasteiger partial charge in [-0.15, -0.1) is 0 Å². The standard InChI is InChI=1S/C28H37NO5S/c1-2-3-4-5-6-7-8-9-10-11-12-13-14-15-16-17-18-23-28(32)29-35(33,34)24-27(31)25-21-19-20-22-26(25)30/h3-4,6-7,9-10,12-13,15-16,19-22,30H,2,5,8,11,14,17-18,23-24H2,1H3,(H,29,32). The first-order valence-electron chi connectivity index (χ1n) is 11.9. The Labute approximate surface area is 209 Å². The van der Waals surface area contributed by atoms with Crippen LogP contribution in [0, 0.1) is 0 Å². The molecule has 0 radical (unpaired) electrons. The van der Waals surface area contributed by atoms with E-state index in [2.05, 4.69) is 55.5 Å². The van der Waals surface area contributed by atoms with Gasteiger partial charge in [-0.2, -0.15) is 0 Å². The van der Waals surface area contributed by atoms with Gasteiger partial charge in [0.15, 0.2) is 5.78 Å². The SMILES string of the molecule is CCC=CCC=CCC=CCC=CCC=CCCCC(=O)NS(=O)(=O)CC(=O)c1ccccc1O. The van der Waals surface area contributed by atoms with Crippen molar-refractivity contribution in [3.8, 4) is 5.75 Å². The third kappa shape index (κ3) is 15.4. The van der Waals surface area contributed by atoms with Gasteiger partial charge in [0.05, 0.1) is 5.56 Å². The lowest BCUT2D eigenvalue weighted by Gasteiger charge is -2.07. The topological polar surface area (TPSA) is 101 Å². The van der Waals surface area contributed by atoms with E-state index in [4.69, 9.17) is 0 Å². The molecular formula is C28H37NO5S. The van der Waals surface area contributed by atoms with Crippen LogP contribution in [-0.4, -0.2) is 31.0 Å². The van der Waals surface area contributed by atoms with Gasteiger partial charge in [-0.1, -0.05) is 79.8 Å². The molecule has 35 heavy (non-hydrogen) atoms. The summed E-state index contributed by atoms with van der Waals surface area (Å²) in [7, 11) is -4.12. The fourth-order valence-electron chi connectivity index (χ4n) is 2.97. The van der Waals surface area contributed by atoms with Crippen LogP contribution in [0.5, 0.6) is 5.75 Å². The molecule has 0 heterocycles. The first kappa shape index (κ1) is 29.8. The Morgan fingerprint density at radius 3 is 1.89 bits per heavy atom. The number of para-hydroxylation sites is 1. The van der Waals surface area contributed by atoms with Crippen molar-refractivity contribution in [1.29, 1.82) is 0 Å². The molecule has 0 aliphatic heterocycles. The molecular weight excluding hydrogens is 462 g/mol. The third-order valence-corrected chi connectivity index (χ3v) is 5.91. The number of nitrogens with one attached hydrogen (secondary N) is 1. The molecule has 1 aromatic carbocycles. The van der Waals surface area contributed by atoms with Crippen LogP contribution in [0.1, 0.15) is 68.6 Å². The molecule has 0 atom stereocenters. The molecule has 0 saturated carbocycles. The van der Waals surface area contributed by atoms with Crippen molar-refractivity contribution in [1.82, 2.24) is 4.72 Å². The molecule has 0 aliphatic rings. The second-order valence-electron chi connectivity index (χ2n) is 7.82. The van der Waals surface area contributed by atoms with Crippen molar-refractivity contribution in [3.63, 3.8) is 0 Å². The van der Waals surface area contributed by atoms with Gasteiger partial charge in [0.2, 0.25) is 15.9 Å². The number of carbonyl (C=O) groups excluding carboxylic acids is 2. The predicted octanol–water partition coefficient (Wildman–Crippen LogP) is 5.94. The number of phenols is 1. The molecule has 0 fully saturated rings. The minimum atomic E-state index is -4.12. The van der Waals surface area contributed by atoms with Gasteiger partial charge in [-0.25, -0.2) is 8.42 Å². The maximum Gasteiger partial charge on any atom is 0.242 e. The molecule has 0 aliphatic carbocycles. The van der Waals surface area contributed by atoms with Crippen LogP contribution in [-0.2, 0) is 14.8 Å². The quantitative estimate of drug-likeness (QED) is 0.157. The van der Waals surface area contributed by atoms with E-state index >= 15 is 0 Å². The van der Waals surface area contributed by atoms with Crippen LogP contribution in [0.2, 0.25) is 0 Å². The van der Waals surface area contributed by atoms with Crippen molar-refractivity contribution in [2.75, 3.05) is 5.75 Å². The summed E-state index contributed by atoms with van der Waals surface area (Å²) >= 11 is 0. The Kier molecular flexibility index (Phi) is 15.5. The second kappa shape index (κ2) is 18.2. The number of carbonyl (C=O) groups is 2. The molecule has 190 valence electrons. The molecule has 0 aromatic heterocycles. The van der Waals surface area contributed by atoms with Crippen molar-refractivity contribution >= 4 is 21.7 Å². The van der Waals surface area contributed by atoms with Gasteiger partial charge >= 0.3 is 0 Å². The minimum absolute atomic E-state index is 0.0400. The van der Waals surface area contributed by atoms with Crippen LogP contribution >= 0.6 is 0 Å². The number of unbranched alkanes of at least 4 members (excludes halogenated alkanes) is 1. The number of Topliss-reactive ketones (excluding diaryl/α,β-unsaturated/α-hetero) is 1. The molecule has 0 saturated heterocycles. The second-order valence-corrected chi connectivity index (χ2v) is 9.55. The van der Waals surface area contributed by atoms with E-state index in [1.807, 2.05) is 16.9 Å². The van der Waals surface area contributed by atoms with E-state index in [1.54, 1.807) is 0 Å². The predicted molar refractivity (Wildman–Crippen MR) is 143 cm³/mol. The number of ketones is 1. The van der Waals surface area contributed by atoms with E-state index in [9.17, 15) is 23.1 Å². The molecule has 1 amide bonds. The smallest absolute Gasteiger partial charge is 0.242 e. The highest BCUT2D eigenvalue weighted by Gasteiger charge is 2.21. The summed E-state index contributed by atoms with van der Waals surface area (Å²) in [5.41, 5.74) is -0.0938. The molecule has 2 N–H and O–H groups in total. The maximum absolute atomic E-state index is 12.1. The van der Waals surface area contributed by atoms with E-state index in [1.165, 1.54) is 24.3 Å². The number of rotatable bonds is 17. The number of phenolic OH excluding ortho intramolecular Hbond substituents is 1. The number of sulfonamides is 1. The van der Waals surface area contributed by atoms with Crippen LogP contribution < -0.4 is 4.72 Å². The number of allylic oxidation sites excluding steroid dienone is 10. The highest BCUT2D eigenvalue weighted by atomic mass is 32.2. The lowest BCUT2D eigenvalue weighted by Crippen LogP contribution is -2.34. The summed E-state index contributed by atoms with van der Waals surface area (Å²) in [6.07, 6.45) is 27.0. The maximum atomic E-state index is 12.1. The molecule has 0 unspecified atom stereocenters. The van der Waals surface area contributed by atoms with E-state index in [-0.39, 0.29) is 17.7 Å². The van der Waals surface area contributed by atoms with Gasteiger partial charge in [0.1, 0.15) is 11.5 Å². The normalized spacial score (nSPS) is 12.6. The molecule has 0 bridgehead atoms. The van der Waals surface area contributed by atoms with Crippen molar-refractivity contribution in [3.05, 3.63) is 90.6 Å². The first-order valence-corrected chi connectivity index (χ1v) is 13.6. The van der Waals surface area contributed by atoms with Gasteiger partial charge in [0, 0.05) is 6.42 Å². The lowest BCUT2D eigenvalue weighted by molar-refractivity contribution is -0.119. The summed E-state index contributed by atoms with van der Waals surface area (Å²) in [6.45, 7) is 2.12. The monoisotopic (exact) mass is 499 g/mol. The Bertz CT molecular complexity index is 1030. The molecule has 0 spiro atoms. The van der Waals surface area contributed by atoms with Crippen molar-refractivity contribution in [2.45, 2.75) is 58.3 Å². The first-order chi connectivity index (χ1) is 16.9. The molecule has 1 rings (SSSR count). The van der Waals surface area contributed by atoms with E-state index in [0.29, 0.717) is 12.8 Å². The van der Waals surface area contributed by atoms with Gasteiger partial charge in [0.25, 0.3) is 0 Å². The van der Waals surface area contributed by atoms with Gasteiger partial charge in [-0.3, -0.25) is 14.3 Å². The summed E-state index contributed by atoms with van der Waals surface area (Å²) in [5, 5.41) is 9.65. The number of benzene rings is 1. The largest absolute Gasteiger partial charge is 0.507 e. The Balaban J connectivity index is 2.16. The lowest BCUT2D eigenvalue weighted by atomic mass is 10.1. The van der Waals surface area contributed by atoms with E-state index < -0.39 is 27.5 Å². The van der Waals surface area contributed by atoms with Crippen LogP contribution in [0.15, 0.2) is 85.0 Å². The third-order valence-electron chi connectivity index (χ3n) is 4.73. The Hall–Kier alpha value is -3.19. The minimum Gasteiger partial charge on any atom is -0.507 e. The average molecular weight is 500 g/mol. The van der Waals surface area contributed by atoms with E-state index in [0.717, 1.165) is 32.1 Å². The molecule has 6 nitrogen and oxygen atoms in total. The van der Waals surface area contributed by atoms with Crippen LogP contribution in [0.25, 0.3) is 0 Å². The zero-order valence-electron chi connectivity index (χ0n) is 20.4. The number of hydrogen-bond acceptors (Lipinski definition) is 5. The highest BCUT2D eigenvalue weighted by Crippen LogP contribution is 2.16. The molecule has 1 aromatic rings. The zero-order chi connectivity index (χ0) is 25.8.